The Balaban J connectivity index is 2.12. The molecule has 0 bridgehead atoms. The van der Waals surface area contributed by atoms with Gasteiger partial charge in [-0.1, -0.05) is 55.8 Å². The summed E-state index contributed by atoms with van der Waals surface area (Å²) in [5, 5.41) is 10.9. The van der Waals surface area contributed by atoms with Crippen LogP contribution in [-0.4, -0.2) is 42.3 Å². The zero-order valence-electron chi connectivity index (χ0n) is 16.6. The number of likely N-dealkylation sites (tertiary alicyclic amines) is 1. The van der Waals surface area contributed by atoms with Gasteiger partial charge in [-0.3, -0.25) is 9.59 Å². The summed E-state index contributed by atoms with van der Waals surface area (Å²) in [7, 11) is 3.91. The quantitative estimate of drug-likeness (QED) is 0.469. The number of ketones is 1. The van der Waals surface area contributed by atoms with Crippen LogP contribution in [0.4, 0.5) is 5.69 Å². The fourth-order valence-electron chi connectivity index (χ4n) is 3.49. The number of hydrogen-bond donors (Lipinski definition) is 1. The van der Waals surface area contributed by atoms with Crippen LogP contribution in [0.1, 0.15) is 36.9 Å². The van der Waals surface area contributed by atoms with E-state index in [0.29, 0.717) is 12.1 Å². The van der Waals surface area contributed by atoms with Crippen molar-refractivity contribution < 1.29 is 14.7 Å². The molecule has 0 spiro atoms. The summed E-state index contributed by atoms with van der Waals surface area (Å²) in [6.45, 7) is 2.52. The smallest absolute Gasteiger partial charge is 0.295 e. The minimum atomic E-state index is -0.626. The molecule has 0 aromatic heterocycles. The highest BCUT2D eigenvalue weighted by molar-refractivity contribution is 6.46. The van der Waals surface area contributed by atoms with E-state index in [4.69, 9.17) is 0 Å². The van der Waals surface area contributed by atoms with Crippen molar-refractivity contribution in [2.24, 2.45) is 0 Å². The maximum atomic E-state index is 12.8. The third-order valence-electron chi connectivity index (χ3n) is 5.06. The van der Waals surface area contributed by atoms with E-state index in [2.05, 4.69) is 0 Å². The SMILES string of the molecule is CCCCN1C(=O)C(=O)/C(=C(\O)c2ccccc2)C1c1ccc(N(C)C)cc1. The van der Waals surface area contributed by atoms with Gasteiger partial charge in [0, 0.05) is 31.9 Å². The van der Waals surface area contributed by atoms with E-state index in [-0.39, 0.29) is 11.3 Å². The van der Waals surface area contributed by atoms with E-state index in [0.717, 1.165) is 24.1 Å². The number of Topliss-reactive ketones (excluding diaryl/α,β-unsaturated/α-hetero) is 1. The molecule has 5 nitrogen and oxygen atoms in total. The minimum Gasteiger partial charge on any atom is -0.507 e. The lowest BCUT2D eigenvalue weighted by atomic mass is 9.95. The van der Waals surface area contributed by atoms with Gasteiger partial charge in [0.2, 0.25) is 0 Å². The fourth-order valence-corrected chi connectivity index (χ4v) is 3.49. The Morgan fingerprint density at radius 1 is 1.04 bits per heavy atom. The Morgan fingerprint density at radius 3 is 2.25 bits per heavy atom. The minimum absolute atomic E-state index is 0.125. The summed E-state index contributed by atoms with van der Waals surface area (Å²) in [5.41, 5.74) is 2.53. The van der Waals surface area contributed by atoms with E-state index in [1.807, 2.05) is 56.3 Å². The number of anilines is 1. The summed E-state index contributed by atoms with van der Waals surface area (Å²) in [6, 6.07) is 16.1. The van der Waals surface area contributed by atoms with Gasteiger partial charge in [0.25, 0.3) is 11.7 Å². The van der Waals surface area contributed by atoms with Gasteiger partial charge in [-0.2, -0.15) is 0 Å². The highest BCUT2D eigenvalue weighted by atomic mass is 16.3. The molecule has 0 saturated carbocycles. The van der Waals surface area contributed by atoms with Crippen LogP contribution in [0.2, 0.25) is 0 Å². The molecule has 0 aliphatic carbocycles. The van der Waals surface area contributed by atoms with Crippen molar-refractivity contribution >= 4 is 23.1 Å². The van der Waals surface area contributed by atoms with Gasteiger partial charge >= 0.3 is 0 Å². The lowest BCUT2D eigenvalue weighted by molar-refractivity contribution is -0.139. The van der Waals surface area contributed by atoms with Gasteiger partial charge in [0.05, 0.1) is 11.6 Å². The number of carbonyl (C=O) groups is 2. The highest BCUT2D eigenvalue weighted by Gasteiger charge is 2.45. The van der Waals surface area contributed by atoms with Gasteiger partial charge < -0.3 is 14.9 Å². The van der Waals surface area contributed by atoms with Crippen molar-refractivity contribution in [2.45, 2.75) is 25.8 Å². The van der Waals surface area contributed by atoms with Crippen LogP contribution < -0.4 is 4.90 Å². The van der Waals surface area contributed by atoms with Crippen molar-refractivity contribution in [3.8, 4) is 0 Å². The van der Waals surface area contributed by atoms with Gasteiger partial charge in [-0.25, -0.2) is 0 Å². The Hall–Kier alpha value is -3.08. The van der Waals surface area contributed by atoms with Crippen LogP contribution in [0.3, 0.4) is 0 Å². The molecule has 1 saturated heterocycles. The van der Waals surface area contributed by atoms with Crippen molar-refractivity contribution in [2.75, 3.05) is 25.5 Å². The zero-order valence-corrected chi connectivity index (χ0v) is 16.6. The van der Waals surface area contributed by atoms with E-state index in [1.54, 1.807) is 29.2 Å². The molecular formula is C23H26N2O3. The lowest BCUT2D eigenvalue weighted by Crippen LogP contribution is -2.30. The van der Waals surface area contributed by atoms with Crippen LogP contribution in [0.15, 0.2) is 60.2 Å². The van der Waals surface area contributed by atoms with Gasteiger partial charge in [-0.15, -0.1) is 0 Å². The maximum Gasteiger partial charge on any atom is 0.295 e. The second kappa shape index (κ2) is 8.30. The largest absolute Gasteiger partial charge is 0.507 e. The molecule has 3 rings (SSSR count). The standard InChI is InChI=1S/C23H26N2O3/c1-4-5-15-25-20(16-11-13-18(14-12-16)24(2)3)19(22(27)23(25)28)21(26)17-9-7-6-8-10-17/h6-14,20,26H,4-5,15H2,1-3H3/b21-19-. The molecule has 1 amide bonds. The molecule has 1 atom stereocenters. The molecule has 146 valence electrons. The average molecular weight is 378 g/mol. The number of aliphatic hydroxyl groups excluding tert-OH is 1. The summed E-state index contributed by atoms with van der Waals surface area (Å²) in [5.74, 6) is -1.30. The fraction of sp³-hybridized carbons (Fsp3) is 0.304. The van der Waals surface area contributed by atoms with Crippen LogP contribution >= 0.6 is 0 Å². The molecule has 1 fully saturated rings. The van der Waals surface area contributed by atoms with Crippen LogP contribution in [0.25, 0.3) is 5.76 Å². The number of aliphatic hydroxyl groups is 1. The second-order valence-electron chi connectivity index (χ2n) is 7.20. The lowest BCUT2D eigenvalue weighted by Gasteiger charge is -2.25. The number of carbonyl (C=O) groups excluding carboxylic acids is 2. The number of hydrogen-bond acceptors (Lipinski definition) is 4. The monoisotopic (exact) mass is 378 g/mol. The third kappa shape index (κ3) is 3.65. The molecular weight excluding hydrogens is 352 g/mol. The number of amides is 1. The normalized spacial score (nSPS) is 18.5. The second-order valence-corrected chi connectivity index (χ2v) is 7.20. The third-order valence-corrected chi connectivity index (χ3v) is 5.06. The van der Waals surface area contributed by atoms with Crippen molar-refractivity contribution in [3.05, 3.63) is 71.3 Å². The van der Waals surface area contributed by atoms with E-state index >= 15 is 0 Å². The number of benzene rings is 2. The van der Waals surface area contributed by atoms with Crippen molar-refractivity contribution in [3.63, 3.8) is 0 Å². The maximum absolute atomic E-state index is 12.8. The molecule has 1 N–H and O–H groups in total. The first-order valence-corrected chi connectivity index (χ1v) is 9.56. The van der Waals surface area contributed by atoms with Crippen molar-refractivity contribution in [1.82, 2.24) is 4.90 Å². The predicted octanol–water partition coefficient (Wildman–Crippen LogP) is 3.97. The summed E-state index contributed by atoms with van der Waals surface area (Å²) in [6.07, 6.45) is 1.71. The molecule has 1 aliphatic rings. The number of rotatable bonds is 6. The summed E-state index contributed by atoms with van der Waals surface area (Å²) in [4.78, 5) is 29.2. The number of nitrogens with zero attached hydrogens (tertiary/aromatic N) is 2. The van der Waals surface area contributed by atoms with Crippen LogP contribution in [-0.2, 0) is 9.59 Å². The van der Waals surface area contributed by atoms with E-state index in [1.165, 1.54) is 0 Å². The first-order chi connectivity index (χ1) is 13.5. The van der Waals surface area contributed by atoms with E-state index in [9.17, 15) is 14.7 Å². The van der Waals surface area contributed by atoms with Gasteiger partial charge in [-0.05, 0) is 24.1 Å². The number of unbranched alkanes of at least 4 members (excludes halogenated alkanes) is 1. The first kappa shape index (κ1) is 19.7. The van der Waals surface area contributed by atoms with Gasteiger partial charge in [0.15, 0.2) is 0 Å². The topological polar surface area (TPSA) is 60.9 Å². The van der Waals surface area contributed by atoms with Gasteiger partial charge in [0.1, 0.15) is 5.76 Å². The highest BCUT2D eigenvalue weighted by Crippen LogP contribution is 2.39. The summed E-state index contributed by atoms with van der Waals surface area (Å²) >= 11 is 0. The molecule has 1 aliphatic heterocycles. The molecule has 2 aromatic carbocycles. The van der Waals surface area contributed by atoms with Crippen LogP contribution in [0, 0.1) is 0 Å². The molecule has 0 radical (unpaired) electrons. The molecule has 28 heavy (non-hydrogen) atoms. The molecule has 1 heterocycles. The first-order valence-electron chi connectivity index (χ1n) is 9.56. The Kier molecular flexibility index (Phi) is 5.83. The zero-order chi connectivity index (χ0) is 20.3. The predicted molar refractivity (Wildman–Crippen MR) is 111 cm³/mol. The van der Waals surface area contributed by atoms with Crippen molar-refractivity contribution in [1.29, 1.82) is 0 Å². The Bertz CT molecular complexity index is 886. The molecule has 5 heteroatoms. The van der Waals surface area contributed by atoms with E-state index < -0.39 is 17.7 Å². The molecule has 2 aromatic rings. The average Bonchev–Trinajstić information content (AvgIpc) is 2.97. The molecule has 1 unspecified atom stereocenters. The Morgan fingerprint density at radius 2 is 1.68 bits per heavy atom. The van der Waals surface area contributed by atoms with Crippen LogP contribution in [0.5, 0.6) is 0 Å². The summed E-state index contributed by atoms with van der Waals surface area (Å²) < 4.78 is 0. The Labute approximate surface area is 165 Å².